The van der Waals surface area contributed by atoms with Gasteiger partial charge in [0, 0.05) is 26.2 Å². The van der Waals surface area contributed by atoms with Gasteiger partial charge in [-0.3, -0.25) is 0 Å². The molecule has 0 saturated heterocycles. The highest BCUT2D eigenvalue weighted by atomic mass is 19.4. The van der Waals surface area contributed by atoms with E-state index in [0.717, 1.165) is 18.9 Å². The van der Waals surface area contributed by atoms with Crippen LogP contribution in [0.2, 0.25) is 0 Å². The minimum atomic E-state index is -4.47. The summed E-state index contributed by atoms with van der Waals surface area (Å²) in [7, 11) is 1.51. The lowest BCUT2D eigenvalue weighted by Gasteiger charge is -2.27. The second-order valence-electron chi connectivity index (χ2n) is 4.90. The lowest BCUT2D eigenvalue weighted by molar-refractivity contribution is -0.141. The molecular weight excluding hydrogens is 281 g/mol. The summed E-state index contributed by atoms with van der Waals surface area (Å²) in [5.41, 5.74) is -0.917. The van der Waals surface area contributed by atoms with Gasteiger partial charge in [0.1, 0.15) is 5.82 Å². The Kier molecular flexibility index (Phi) is 6.23. The summed E-state index contributed by atoms with van der Waals surface area (Å²) in [5.74, 6) is 0.742. The molecule has 21 heavy (non-hydrogen) atoms. The monoisotopic (exact) mass is 304 g/mol. The van der Waals surface area contributed by atoms with E-state index in [4.69, 9.17) is 0 Å². The van der Waals surface area contributed by atoms with Crippen molar-refractivity contribution in [2.75, 3.05) is 30.4 Å². The molecule has 1 aromatic heterocycles. The average Bonchev–Trinajstić information content (AvgIpc) is 2.47. The van der Waals surface area contributed by atoms with Crippen molar-refractivity contribution < 1.29 is 13.2 Å². The van der Waals surface area contributed by atoms with E-state index in [9.17, 15) is 13.2 Å². The first-order valence-corrected chi connectivity index (χ1v) is 7.24. The molecule has 0 spiro atoms. The maximum Gasteiger partial charge on any atom is 0.433 e. The molecule has 0 fully saturated rings. The van der Waals surface area contributed by atoms with Crippen molar-refractivity contribution in [2.24, 2.45) is 5.92 Å². The molecule has 0 unspecified atom stereocenters. The number of alkyl halides is 3. The molecule has 0 saturated carbocycles. The molecule has 4 nitrogen and oxygen atoms in total. The second kappa shape index (κ2) is 7.47. The van der Waals surface area contributed by atoms with E-state index in [1.807, 2.05) is 11.8 Å². The maximum absolute atomic E-state index is 12.9. The molecule has 1 N–H and O–H groups in total. The van der Waals surface area contributed by atoms with Crippen molar-refractivity contribution in [1.82, 2.24) is 9.97 Å². The van der Waals surface area contributed by atoms with Crippen LogP contribution >= 0.6 is 0 Å². The number of hydrogen-bond donors (Lipinski definition) is 1. The Labute approximate surface area is 123 Å². The van der Waals surface area contributed by atoms with Gasteiger partial charge in [0.2, 0.25) is 5.95 Å². The number of rotatable bonds is 7. The molecule has 120 valence electrons. The van der Waals surface area contributed by atoms with Crippen LogP contribution in [0.3, 0.4) is 0 Å². The van der Waals surface area contributed by atoms with E-state index in [1.54, 1.807) is 0 Å². The normalized spacial score (nSPS) is 11.8. The van der Waals surface area contributed by atoms with Gasteiger partial charge in [-0.15, -0.1) is 0 Å². The minimum absolute atomic E-state index is 0.0113. The molecule has 1 aromatic rings. The molecule has 0 radical (unpaired) electrons. The lowest BCUT2D eigenvalue weighted by atomic mass is 10.0. The van der Waals surface area contributed by atoms with Crippen LogP contribution in [0.1, 0.15) is 39.3 Å². The van der Waals surface area contributed by atoms with E-state index in [2.05, 4.69) is 29.1 Å². The molecule has 0 aliphatic rings. The van der Waals surface area contributed by atoms with Crippen molar-refractivity contribution >= 4 is 11.8 Å². The molecule has 0 aromatic carbocycles. The van der Waals surface area contributed by atoms with Crippen LogP contribution in [-0.4, -0.2) is 30.1 Å². The zero-order valence-electron chi connectivity index (χ0n) is 13.0. The Bertz CT molecular complexity index is 444. The summed E-state index contributed by atoms with van der Waals surface area (Å²) in [5, 5.41) is 2.59. The molecule has 0 amide bonds. The highest BCUT2D eigenvalue weighted by Crippen LogP contribution is 2.30. The third kappa shape index (κ3) is 4.75. The van der Waals surface area contributed by atoms with Gasteiger partial charge in [0.15, 0.2) is 5.69 Å². The van der Waals surface area contributed by atoms with Crippen LogP contribution in [0.4, 0.5) is 24.9 Å². The van der Waals surface area contributed by atoms with Crippen molar-refractivity contribution in [3.8, 4) is 0 Å². The van der Waals surface area contributed by atoms with E-state index < -0.39 is 11.9 Å². The Balaban J connectivity index is 3.13. The zero-order chi connectivity index (χ0) is 16.0. The zero-order valence-corrected chi connectivity index (χ0v) is 13.0. The number of nitrogens with zero attached hydrogens (tertiary/aromatic N) is 3. The Morgan fingerprint density at radius 3 is 2.24 bits per heavy atom. The fourth-order valence-electron chi connectivity index (χ4n) is 2.10. The maximum atomic E-state index is 12.9. The molecule has 0 bridgehead atoms. The largest absolute Gasteiger partial charge is 0.433 e. The predicted octanol–water partition coefficient (Wildman–Crippen LogP) is 3.80. The van der Waals surface area contributed by atoms with Gasteiger partial charge in [0.25, 0.3) is 0 Å². The topological polar surface area (TPSA) is 41.1 Å². The quantitative estimate of drug-likeness (QED) is 0.832. The van der Waals surface area contributed by atoms with E-state index in [0.29, 0.717) is 24.8 Å². The van der Waals surface area contributed by atoms with Crippen molar-refractivity contribution in [1.29, 1.82) is 0 Å². The number of halogens is 3. The summed E-state index contributed by atoms with van der Waals surface area (Å²) >= 11 is 0. The number of aromatic nitrogens is 2. The van der Waals surface area contributed by atoms with Crippen molar-refractivity contribution in [3.63, 3.8) is 0 Å². The first-order valence-electron chi connectivity index (χ1n) is 7.24. The van der Waals surface area contributed by atoms with Crippen LogP contribution in [0.25, 0.3) is 0 Å². The molecule has 0 aliphatic heterocycles. The molecule has 1 heterocycles. The van der Waals surface area contributed by atoms with Gasteiger partial charge in [0.05, 0.1) is 0 Å². The van der Waals surface area contributed by atoms with Crippen molar-refractivity contribution in [2.45, 2.75) is 39.8 Å². The summed E-state index contributed by atoms with van der Waals surface area (Å²) in [6, 6.07) is 1.02. The van der Waals surface area contributed by atoms with Gasteiger partial charge in [-0.1, -0.05) is 26.7 Å². The number of anilines is 2. The van der Waals surface area contributed by atoms with E-state index >= 15 is 0 Å². The van der Waals surface area contributed by atoms with Crippen LogP contribution in [0.5, 0.6) is 0 Å². The van der Waals surface area contributed by atoms with Crippen LogP contribution in [-0.2, 0) is 6.18 Å². The fourth-order valence-corrected chi connectivity index (χ4v) is 2.10. The SMILES string of the molecule is CCC(CC)CN(CC)c1cc(C(F)(F)F)nc(NC)n1. The second-order valence-corrected chi connectivity index (χ2v) is 4.90. The highest BCUT2D eigenvalue weighted by molar-refractivity contribution is 5.45. The van der Waals surface area contributed by atoms with Gasteiger partial charge in [-0.05, 0) is 12.8 Å². The lowest BCUT2D eigenvalue weighted by Crippen LogP contribution is -2.30. The summed E-state index contributed by atoms with van der Waals surface area (Å²) < 4.78 is 38.7. The Morgan fingerprint density at radius 1 is 1.19 bits per heavy atom. The van der Waals surface area contributed by atoms with Crippen LogP contribution < -0.4 is 10.2 Å². The molecule has 7 heteroatoms. The minimum Gasteiger partial charge on any atom is -0.357 e. The number of nitrogens with one attached hydrogen (secondary N) is 1. The fraction of sp³-hybridized carbons (Fsp3) is 0.714. The van der Waals surface area contributed by atoms with Gasteiger partial charge < -0.3 is 10.2 Å². The third-order valence-electron chi connectivity index (χ3n) is 3.57. The third-order valence-corrected chi connectivity index (χ3v) is 3.57. The van der Waals surface area contributed by atoms with E-state index in [-0.39, 0.29) is 5.95 Å². The molecule has 1 rings (SSSR count). The first-order chi connectivity index (χ1) is 9.85. The van der Waals surface area contributed by atoms with Crippen LogP contribution in [0.15, 0.2) is 6.07 Å². The van der Waals surface area contributed by atoms with E-state index in [1.165, 1.54) is 7.05 Å². The molecule has 0 atom stereocenters. The number of hydrogen-bond acceptors (Lipinski definition) is 4. The predicted molar refractivity (Wildman–Crippen MR) is 78.5 cm³/mol. The first kappa shape index (κ1) is 17.5. The smallest absolute Gasteiger partial charge is 0.357 e. The standard InChI is InChI=1S/C14H23F3N4/c1-5-10(6-2)9-21(7-3)12-8-11(14(15,16)17)19-13(18-4)20-12/h8,10H,5-7,9H2,1-4H3,(H,18,19,20). The van der Waals surface area contributed by atoms with Gasteiger partial charge >= 0.3 is 6.18 Å². The summed E-state index contributed by atoms with van der Waals surface area (Å²) in [6.45, 7) is 7.38. The van der Waals surface area contributed by atoms with Crippen molar-refractivity contribution in [3.05, 3.63) is 11.8 Å². The Morgan fingerprint density at radius 2 is 1.81 bits per heavy atom. The molecule has 0 aliphatic carbocycles. The highest BCUT2D eigenvalue weighted by Gasteiger charge is 2.34. The summed E-state index contributed by atoms with van der Waals surface area (Å²) in [4.78, 5) is 9.52. The van der Waals surface area contributed by atoms with Gasteiger partial charge in [-0.2, -0.15) is 18.2 Å². The average molecular weight is 304 g/mol. The molecular formula is C14H23F3N4. The van der Waals surface area contributed by atoms with Crippen LogP contribution in [0, 0.1) is 5.92 Å². The summed E-state index contributed by atoms with van der Waals surface area (Å²) in [6.07, 6.45) is -2.50. The van der Waals surface area contributed by atoms with Gasteiger partial charge in [-0.25, -0.2) is 4.98 Å². The Hall–Kier alpha value is -1.53.